The molecule has 0 amide bonds. The smallest absolute Gasteiger partial charge is 0.196 e. The van der Waals surface area contributed by atoms with Crippen molar-refractivity contribution >= 4 is 17.5 Å². The van der Waals surface area contributed by atoms with Crippen molar-refractivity contribution in [3.63, 3.8) is 0 Å². The van der Waals surface area contributed by atoms with Crippen LogP contribution in [0.5, 0.6) is 0 Å². The number of hydrogen-bond acceptors (Lipinski definition) is 3. The maximum Gasteiger partial charge on any atom is 0.196 e. The number of carbonyl (C=O) groups excluding carboxylic acids is 1. The van der Waals surface area contributed by atoms with E-state index in [4.69, 9.17) is 0 Å². The molecule has 1 saturated heterocycles. The van der Waals surface area contributed by atoms with Crippen LogP contribution in [0.15, 0.2) is 11.8 Å². The van der Waals surface area contributed by atoms with Gasteiger partial charge in [0.1, 0.15) is 4.87 Å². The van der Waals surface area contributed by atoms with E-state index in [9.17, 15) is 4.79 Å². The van der Waals surface area contributed by atoms with Gasteiger partial charge in [-0.25, -0.2) is 0 Å². The fraction of sp³-hybridized carbons (Fsp3) is 0.769. The molecule has 0 saturated carbocycles. The van der Waals surface area contributed by atoms with Gasteiger partial charge in [0.05, 0.1) is 0 Å². The second-order valence-electron chi connectivity index (χ2n) is 4.56. The van der Waals surface area contributed by atoms with Crippen molar-refractivity contribution in [1.29, 1.82) is 0 Å². The summed E-state index contributed by atoms with van der Waals surface area (Å²) in [4.78, 5) is 14.6. The van der Waals surface area contributed by atoms with Crippen LogP contribution in [0.25, 0.3) is 0 Å². The quantitative estimate of drug-likeness (QED) is 0.754. The summed E-state index contributed by atoms with van der Waals surface area (Å²) in [6.45, 7) is 5.29. The molecule has 90 valence electrons. The molecule has 0 aromatic heterocycles. The zero-order valence-electron chi connectivity index (χ0n) is 10.3. The normalized spacial score (nSPS) is 30.0. The Morgan fingerprint density at radius 3 is 2.88 bits per heavy atom. The van der Waals surface area contributed by atoms with Gasteiger partial charge >= 0.3 is 0 Å². The number of rotatable bonds is 3. The first-order chi connectivity index (χ1) is 7.74. The van der Waals surface area contributed by atoms with E-state index in [1.54, 1.807) is 0 Å². The Labute approximate surface area is 102 Å². The summed E-state index contributed by atoms with van der Waals surface area (Å²) < 4.78 is 0. The topological polar surface area (TPSA) is 20.3 Å². The molecule has 0 radical (unpaired) electrons. The van der Waals surface area contributed by atoms with E-state index in [0.29, 0.717) is 5.78 Å². The standard InChI is InChI=1S/C13H21NOS/c1-3-11-10-14-9-7-5-6-8-13(14,12(11)15)16-4-2/h10H,3-9H2,1-2H3. The van der Waals surface area contributed by atoms with Gasteiger partial charge in [-0.1, -0.05) is 20.3 Å². The fourth-order valence-corrected chi connectivity index (χ4v) is 4.11. The predicted octanol–water partition coefficient (Wildman–Crippen LogP) is 3.19. The van der Waals surface area contributed by atoms with Crippen molar-refractivity contribution in [3.8, 4) is 0 Å². The summed E-state index contributed by atoms with van der Waals surface area (Å²) in [6.07, 6.45) is 7.74. The Bertz CT molecular complexity index is 313. The van der Waals surface area contributed by atoms with E-state index in [1.807, 2.05) is 11.8 Å². The zero-order valence-corrected chi connectivity index (χ0v) is 11.1. The van der Waals surface area contributed by atoms with Gasteiger partial charge in [0.15, 0.2) is 5.78 Å². The molecule has 1 atom stereocenters. The second-order valence-corrected chi connectivity index (χ2v) is 6.10. The zero-order chi connectivity index (χ0) is 11.6. The van der Waals surface area contributed by atoms with Gasteiger partial charge in [-0.3, -0.25) is 4.79 Å². The minimum atomic E-state index is -0.226. The fourth-order valence-electron chi connectivity index (χ4n) is 2.77. The van der Waals surface area contributed by atoms with Crippen LogP contribution in [0.1, 0.15) is 46.0 Å². The van der Waals surface area contributed by atoms with E-state index < -0.39 is 0 Å². The molecular formula is C13H21NOS. The maximum absolute atomic E-state index is 12.5. The van der Waals surface area contributed by atoms with E-state index in [2.05, 4.69) is 24.9 Å². The van der Waals surface area contributed by atoms with E-state index in [-0.39, 0.29) is 4.87 Å². The lowest BCUT2D eigenvalue weighted by atomic mass is 10.0. The van der Waals surface area contributed by atoms with Crippen LogP contribution in [-0.4, -0.2) is 27.9 Å². The van der Waals surface area contributed by atoms with Crippen LogP contribution in [0.4, 0.5) is 0 Å². The van der Waals surface area contributed by atoms with Gasteiger partial charge in [-0.2, -0.15) is 0 Å². The molecule has 0 N–H and O–H groups in total. The molecule has 0 aromatic carbocycles. The highest BCUT2D eigenvalue weighted by molar-refractivity contribution is 8.01. The molecule has 3 heteroatoms. The molecule has 16 heavy (non-hydrogen) atoms. The molecule has 0 bridgehead atoms. The molecule has 2 nitrogen and oxygen atoms in total. The molecule has 0 aromatic rings. The number of fused-ring (bicyclic) bond motifs is 1. The minimum absolute atomic E-state index is 0.226. The van der Waals surface area contributed by atoms with Gasteiger partial charge < -0.3 is 4.90 Å². The number of Topliss-reactive ketones (excluding diaryl/α,β-unsaturated/α-hetero) is 1. The monoisotopic (exact) mass is 239 g/mol. The Morgan fingerprint density at radius 2 is 2.19 bits per heavy atom. The van der Waals surface area contributed by atoms with Crippen molar-refractivity contribution in [2.75, 3.05) is 12.3 Å². The third-order valence-electron chi connectivity index (χ3n) is 3.60. The second kappa shape index (κ2) is 4.82. The highest BCUT2D eigenvalue weighted by Gasteiger charge is 2.48. The molecule has 2 aliphatic heterocycles. The van der Waals surface area contributed by atoms with Crippen molar-refractivity contribution in [1.82, 2.24) is 4.90 Å². The minimum Gasteiger partial charge on any atom is -0.356 e. The van der Waals surface area contributed by atoms with Crippen LogP contribution in [0.3, 0.4) is 0 Å². The molecule has 2 heterocycles. The maximum atomic E-state index is 12.5. The van der Waals surface area contributed by atoms with Gasteiger partial charge in [0, 0.05) is 18.3 Å². The van der Waals surface area contributed by atoms with Crippen molar-refractivity contribution in [2.45, 2.75) is 50.8 Å². The Balaban J connectivity index is 2.30. The number of ketones is 1. The summed E-state index contributed by atoms with van der Waals surface area (Å²) in [5.41, 5.74) is 1.03. The van der Waals surface area contributed by atoms with Crippen molar-refractivity contribution in [3.05, 3.63) is 11.8 Å². The van der Waals surface area contributed by atoms with Crippen LogP contribution in [0, 0.1) is 0 Å². The Morgan fingerprint density at radius 1 is 1.38 bits per heavy atom. The van der Waals surface area contributed by atoms with E-state index in [0.717, 1.165) is 30.7 Å². The SMILES string of the molecule is CCSC12CCCCCN1C=C(CC)C2=O. The highest BCUT2D eigenvalue weighted by Crippen LogP contribution is 2.44. The van der Waals surface area contributed by atoms with Crippen LogP contribution < -0.4 is 0 Å². The molecule has 1 fully saturated rings. The summed E-state index contributed by atoms with van der Waals surface area (Å²) in [5.74, 6) is 1.41. The number of thioether (sulfide) groups is 1. The molecule has 1 unspecified atom stereocenters. The van der Waals surface area contributed by atoms with Crippen LogP contribution in [-0.2, 0) is 4.79 Å². The number of hydrogen-bond donors (Lipinski definition) is 0. The average Bonchev–Trinajstić information content (AvgIpc) is 2.45. The third-order valence-corrected chi connectivity index (χ3v) is 4.99. The summed E-state index contributed by atoms with van der Waals surface area (Å²) >= 11 is 1.84. The lowest BCUT2D eigenvalue weighted by molar-refractivity contribution is -0.119. The molecule has 2 aliphatic rings. The van der Waals surface area contributed by atoms with Gasteiger partial charge in [0.25, 0.3) is 0 Å². The average molecular weight is 239 g/mol. The summed E-state index contributed by atoms with van der Waals surface area (Å²) in [5, 5.41) is 0. The summed E-state index contributed by atoms with van der Waals surface area (Å²) in [6, 6.07) is 0. The largest absolute Gasteiger partial charge is 0.356 e. The number of nitrogens with zero attached hydrogens (tertiary/aromatic N) is 1. The van der Waals surface area contributed by atoms with Gasteiger partial charge in [-0.05, 0) is 31.4 Å². The molecule has 2 rings (SSSR count). The highest BCUT2D eigenvalue weighted by atomic mass is 32.2. The third kappa shape index (κ3) is 1.79. The van der Waals surface area contributed by atoms with Gasteiger partial charge in [0.2, 0.25) is 0 Å². The number of carbonyl (C=O) groups is 1. The lowest BCUT2D eigenvalue weighted by Crippen LogP contribution is -2.45. The van der Waals surface area contributed by atoms with Gasteiger partial charge in [-0.15, -0.1) is 11.8 Å². The van der Waals surface area contributed by atoms with E-state index >= 15 is 0 Å². The molecule has 0 spiro atoms. The van der Waals surface area contributed by atoms with E-state index in [1.165, 1.54) is 19.3 Å². The van der Waals surface area contributed by atoms with Crippen LogP contribution in [0.2, 0.25) is 0 Å². The van der Waals surface area contributed by atoms with Crippen LogP contribution >= 0.6 is 11.8 Å². The first-order valence-corrected chi connectivity index (χ1v) is 7.39. The summed E-state index contributed by atoms with van der Waals surface area (Å²) in [7, 11) is 0. The lowest BCUT2D eigenvalue weighted by Gasteiger charge is -2.35. The first-order valence-electron chi connectivity index (χ1n) is 6.40. The predicted molar refractivity (Wildman–Crippen MR) is 69.4 cm³/mol. The molecule has 0 aliphatic carbocycles. The van der Waals surface area contributed by atoms with Crippen molar-refractivity contribution < 1.29 is 4.79 Å². The Kier molecular flexibility index (Phi) is 3.63. The Hall–Kier alpha value is -0.440. The van der Waals surface area contributed by atoms with Crippen molar-refractivity contribution in [2.24, 2.45) is 0 Å². The first kappa shape index (κ1) is 12.0. The molecular weight excluding hydrogens is 218 g/mol.